The predicted molar refractivity (Wildman–Crippen MR) is 124 cm³/mol. The lowest BCUT2D eigenvalue weighted by Crippen LogP contribution is -2.60. The van der Waals surface area contributed by atoms with Gasteiger partial charge in [-0.1, -0.05) is 12.1 Å². The maximum atomic E-state index is 10.5. The third-order valence-electron chi connectivity index (χ3n) is 6.60. The Labute approximate surface area is 207 Å². The van der Waals surface area contributed by atoms with E-state index in [-0.39, 0.29) is 36.2 Å². The summed E-state index contributed by atoms with van der Waals surface area (Å²) in [6.45, 7) is -0.910. The summed E-state index contributed by atoms with van der Waals surface area (Å²) >= 11 is 0. The third kappa shape index (κ3) is 4.96. The monoisotopic (exact) mass is 508 g/mol. The van der Waals surface area contributed by atoms with Crippen LogP contribution in [0, 0.1) is 0 Å². The Bertz CT molecular complexity index is 1040. The average molecular weight is 509 g/mol. The second-order valence-electron chi connectivity index (χ2n) is 8.91. The van der Waals surface area contributed by atoms with Gasteiger partial charge in [0.2, 0.25) is 6.29 Å². The van der Waals surface area contributed by atoms with E-state index in [0.29, 0.717) is 24.0 Å². The third-order valence-corrected chi connectivity index (χ3v) is 6.60. The summed E-state index contributed by atoms with van der Waals surface area (Å²) in [6, 6.07) is 8.24. The van der Waals surface area contributed by atoms with Crippen molar-refractivity contribution in [2.45, 2.75) is 55.6 Å². The molecule has 0 aliphatic carbocycles. The first-order valence-electron chi connectivity index (χ1n) is 11.7. The van der Waals surface area contributed by atoms with Gasteiger partial charge in [0.1, 0.15) is 30.5 Å². The molecule has 4 rings (SSSR count). The van der Waals surface area contributed by atoms with Gasteiger partial charge in [0.05, 0.1) is 26.2 Å². The zero-order valence-corrected chi connectivity index (χ0v) is 19.7. The molecule has 11 heteroatoms. The minimum absolute atomic E-state index is 0.0319. The Morgan fingerprint density at radius 2 is 1.69 bits per heavy atom. The molecule has 0 unspecified atom stereocenters. The number of aliphatic hydroxyl groups is 6. The molecule has 2 aromatic carbocycles. The SMILES string of the molecule is COc1cc([C@H]2Oc3c(O[C@H]4O[C@@H](CO)[C@H](O)[C@@H](O)[C@@H]4O)cc(CCCO)cc3[C@@H]2CO)ccc1O. The molecule has 2 heterocycles. The van der Waals surface area contributed by atoms with Gasteiger partial charge in [-0.3, -0.25) is 0 Å². The smallest absolute Gasteiger partial charge is 0.229 e. The first kappa shape index (κ1) is 26.4. The van der Waals surface area contributed by atoms with Gasteiger partial charge in [0.15, 0.2) is 23.0 Å². The van der Waals surface area contributed by atoms with E-state index >= 15 is 0 Å². The molecule has 0 amide bonds. The highest BCUT2D eigenvalue weighted by atomic mass is 16.7. The standard InChI is InChI=1S/C25H32O11/c1-33-17-9-13(4-5-16(17)29)23-15(10-27)14-7-12(3-2-6-26)8-18(24(14)36-23)34-25-22(32)21(31)20(30)19(11-28)35-25/h4-5,7-9,15,19-23,25-32H,2-3,6,10-11H2,1H3/t15-,19-,20-,21+,22-,23+,25-/m0/s1. The number of phenolic OH excluding ortho intramolecular Hbond substituents is 1. The van der Waals surface area contributed by atoms with Gasteiger partial charge in [-0.15, -0.1) is 0 Å². The number of aryl methyl sites for hydroxylation is 1. The van der Waals surface area contributed by atoms with Gasteiger partial charge in [-0.25, -0.2) is 0 Å². The van der Waals surface area contributed by atoms with Gasteiger partial charge in [-0.2, -0.15) is 0 Å². The van der Waals surface area contributed by atoms with E-state index < -0.39 is 49.3 Å². The van der Waals surface area contributed by atoms with Gasteiger partial charge in [-0.05, 0) is 42.2 Å². The van der Waals surface area contributed by atoms with Crippen LogP contribution in [0.25, 0.3) is 0 Å². The minimum Gasteiger partial charge on any atom is -0.504 e. The van der Waals surface area contributed by atoms with Crippen molar-refractivity contribution in [1.82, 2.24) is 0 Å². The van der Waals surface area contributed by atoms with Crippen LogP contribution in [-0.4, -0.2) is 93.4 Å². The van der Waals surface area contributed by atoms with Crippen molar-refractivity contribution in [3.05, 3.63) is 47.0 Å². The quantitative estimate of drug-likeness (QED) is 0.237. The Hall–Kier alpha value is -2.64. The van der Waals surface area contributed by atoms with Crippen LogP contribution >= 0.6 is 0 Å². The number of hydrogen-bond acceptors (Lipinski definition) is 11. The molecule has 1 saturated heterocycles. The van der Waals surface area contributed by atoms with Crippen LogP contribution in [0.1, 0.15) is 35.1 Å². The molecule has 11 nitrogen and oxygen atoms in total. The number of aromatic hydroxyl groups is 1. The van der Waals surface area contributed by atoms with Crippen LogP contribution < -0.4 is 14.2 Å². The average Bonchev–Trinajstić information content (AvgIpc) is 3.26. The maximum absolute atomic E-state index is 10.5. The molecule has 0 radical (unpaired) electrons. The van der Waals surface area contributed by atoms with Gasteiger partial charge in [0, 0.05) is 12.2 Å². The molecule has 36 heavy (non-hydrogen) atoms. The van der Waals surface area contributed by atoms with E-state index in [1.807, 2.05) is 6.07 Å². The van der Waals surface area contributed by atoms with Crippen molar-refractivity contribution in [3.63, 3.8) is 0 Å². The van der Waals surface area contributed by atoms with Crippen molar-refractivity contribution >= 4 is 0 Å². The molecule has 2 aliphatic rings. The summed E-state index contributed by atoms with van der Waals surface area (Å²) in [5.74, 6) is 0.133. The van der Waals surface area contributed by atoms with Crippen molar-refractivity contribution in [2.24, 2.45) is 0 Å². The zero-order valence-electron chi connectivity index (χ0n) is 19.7. The van der Waals surface area contributed by atoms with E-state index in [9.17, 15) is 35.7 Å². The molecular weight excluding hydrogens is 476 g/mol. The molecule has 198 valence electrons. The van der Waals surface area contributed by atoms with Gasteiger partial charge >= 0.3 is 0 Å². The summed E-state index contributed by atoms with van der Waals surface area (Å²) in [7, 11) is 1.42. The van der Waals surface area contributed by atoms with Crippen molar-refractivity contribution < 1.29 is 54.7 Å². The van der Waals surface area contributed by atoms with E-state index in [2.05, 4.69) is 0 Å². The van der Waals surface area contributed by atoms with Crippen molar-refractivity contribution in [2.75, 3.05) is 26.9 Å². The number of aliphatic hydroxyl groups excluding tert-OH is 6. The molecule has 2 aromatic rings. The highest BCUT2D eigenvalue weighted by molar-refractivity contribution is 5.56. The highest BCUT2D eigenvalue weighted by Crippen LogP contribution is 2.52. The number of rotatable bonds is 9. The fourth-order valence-corrected chi connectivity index (χ4v) is 4.63. The number of fused-ring (bicyclic) bond motifs is 1. The minimum atomic E-state index is -1.62. The molecule has 2 aliphatic heterocycles. The van der Waals surface area contributed by atoms with Crippen molar-refractivity contribution in [1.29, 1.82) is 0 Å². The molecule has 1 fully saturated rings. The topological polar surface area (TPSA) is 179 Å². The number of ether oxygens (including phenoxy) is 4. The molecule has 7 atom stereocenters. The summed E-state index contributed by atoms with van der Waals surface area (Å²) in [4.78, 5) is 0. The summed E-state index contributed by atoms with van der Waals surface area (Å²) in [5, 5.41) is 69.7. The van der Waals surface area contributed by atoms with E-state index in [4.69, 9.17) is 18.9 Å². The van der Waals surface area contributed by atoms with E-state index in [1.165, 1.54) is 13.2 Å². The van der Waals surface area contributed by atoms with Gasteiger partial charge < -0.3 is 54.7 Å². The fourth-order valence-electron chi connectivity index (χ4n) is 4.63. The number of benzene rings is 2. The highest BCUT2D eigenvalue weighted by Gasteiger charge is 2.46. The van der Waals surface area contributed by atoms with Crippen molar-refractivity contribution in [3.8, 4) is 23.0 Å². The zero-order chi connectivity index (χ0) is 26.0. The summed E-state index contributed by atoms with van der Waals surface area (Å²) < 4.78 is 22.9. The lowest BCUT2D eigenvalue weighted by Gasteiger charge is -2.39. The maximum Gasteiger partial charge on any atom is 0.229 e. The molecule has 0 bridgehead atoms. The van der Waals surface area contributed by atoms with Crippen LogP contribution in [0.15, 0.2) is 30.3 Å². The second-order valence-corrected chi connectivity index (χ2v) is 8.91. The molecule has 0 saturated carbocycles. The molecule has 0 aromatic heterocycles. The van der Waals surface area contributed by atoms with Crippen LogP contribution in [0.5, 0.6) is 23.0 Å². The van der Waals surface area contributed by atoms with Crippen LogP contribution in [0.3, 0.4) is 0 Å². The van der Waals surface area contributed by atoms with E-state index in [0.717, 1.165) is 5.56 Å². The molecule has 0 spiro atoms. The largest absolute Gasteiger partial charge is 0.504 e. The number of methoxy groups -OCH3 is 1. The number of hydrogen-bond donors (Lipinski definition) is 7. The predicted octanol–water partition coefficient (Wildman–Crippen LogP) is -0.286. The summed E-state index contributed by atoms with van der Waals surface area (Å²) in [6.07, 6.45) is -7.04. The Kier molecular flexibility index (Phi) is 8.20. The number of phenols is 1. The second kappa shape index (κ2) is 11.2. The normalized spacial score (nSPS) is 29.5. The Morgan fingerprint density at radius 1 is 0.917 bits per heavy atom. The first-order valence-corrected chi connectivity index (χ1v) is 11.7. The lowest BCUT2D eigenvalue weighted by molar-refractivity contribution is -0.277. The molecular formula is C25H32O11. The van der Waals surface area contributed by atoms with Crippen LogP contribution in [0.2, 0.25) is 0 Å². The lowest BCUT2D eigenvalue weighted by atomic mass is 9.90. The van der Waals surface area contributed by atoms with Crippen LogP contribution in [-0.2, 0) is 11.2 Å². The van der Waals surface area contributed by atoms with Crippen LogP contribution in [0.4, 0.5) is 0 Å². The Morgan fingerprint density at radius 3 is 2.36 bits per heavy atom. The summed E-state index contributed by atoms with van der Waals surface area (Å²) in [5.41, 5.74) is 2.04. The fraction of sp³-hybridized carbons (Fsp3) is 0.520. The molecule has 7 N–H and O–H groups in total. The Balaban J connectivity index is 1.71. The first-order chi connectivity index (χ1) is 17.3. The van der Waals surface area contributed by atoms with Gasteiger partial charge in [0.25, 0.3) is 0 Å². The van der Waals surface area contributed by atoms with E-state index in [1.54, 1.807) is 18.2 Å².